The first-order valence-electron chi connectivity index (χ1n) is 4.73. The Balaban J connectivity index is 2.68. The van der Waals surface area contributed by atoms with Crippen molar-refractivity contribution in [1.82, 2.24) is 4.98 Å². The molecule has 0 amide bonds. The fourth-order valence-corrected chi connectivity index (χ4v) is 0.868. The first-order valence-corrected chi connectivity index (χ1v) is 4.73. The molecule has 1 heterocycles. The maximum Gasteiger partial charge on any atom is 0.385 e. The van der Waals surface area contributed by atoms with E-state index in [1.165, 1.54) is 12.1 Å². The molecule has 1 aromatic heterocycles. The van der Waals surface area contributed by atoms with Crippen molar-refractivity contribution in [1.29, 1.82) is 0 Å². The van der Waals surface area contributed by atoms with Gasteiger partial charge < -0.3 is 4.74 Å². The van der Waals surface area contributed by atoms with Crippen LogP contribution < -0.4 is 0 Å². The van der Waals surface area contributed by atoms with E-state index in [0.717, 1.165) is 6.20 Å². The van der Waals surface area contributed by atoms with Gasteiger partial charge in [-0.1, -0.05) is 0 Å². The van der Waals surface area contributed by atoms with Crippen LogP contribution in [0, 0.1) is 17.7 Å². The number of halogens is 1. The molecule has 0 radical (unpaired) electrons. The number of hydrogen-bond donors (Lipinski definition) is 0. The van der Waals surface area contributed by atoms with Crippen LogP contribution in [0.2, 0.25) is 0 Å². The second kappa shape index (κ2) is 4.75. The van der Waals surface area contributed by atoms with Gasteiger partial charge in [-0.05, 0) is 38.8 Å². The minimum Gasteiger partial charge on any atom is -0.450 e. The average molecular weight is 221 g/mol. The first kappa shape index (κ1) is 12.2. The fourth-order valence-electron chi connectivity index (χ4n) is 0.868. The van der Waals surface area contributed by atoms with E-state index in [9.17, 15) is 9.18 Å². The number of nitrogens with zero attached hydrogens (tertiary/aromatic N) is 1. The third-order valence-corrected chi connectivity index (χ3v) is 1.42. The Morgan fingerprint density at radius 3 is 2.62 bits per heavy atom. The predicted octanol–water partition coefficient (Wildman–Crippen LogP) is 1.91. The number of pyridine rings is 1. The van der Waals surface area contributed by atoms with E-state index in [-0.39, 0.29) is 0 Å². The third kappa shape index (κ3) is 4.56. The summed E-state index contributed by atoms with van der Waals surface area (Å²) >= 11 is 0. The Labute approximate surface area is 93.6 Å². The smallest absolute Gasteiger partial charge is 0.385 e. The quantitative estimate of drug-likeness (QED) is 0.496. The summed E-state index contributed by atoms with van der Waals surface area (Å²) in [7, 11) is 0. The molecule has 16 heavy (non-hydrogen) atoms. The van der Waals surface area contributed by atoms with Crippen molar-refractivity contribution in [3.05, 3.63) is 29.8 Å². The lowest BCUT2D eigenvalue weighted by Gasteiger charge is -2.16. The minimum atomic E-state index is -0.626. The number of carbonyl (C=O) groups excluding carboxylic acids is 1. The number of esters is 1. The summed E-state index contributed by atoms with van der Waals surface area (Å²) in [6.07, 6.45) is 1.04. The van der Waals surface area contributed by atoms with Gasteiger partial charge in [0.1, 0.15) is 17.1 Å². The first-order chi connectivity index (χ1) is 7.37. The second-order valence-electron chi connectivity index (χ2n) is 4.11. The number of hydrogen-bond acceptors (Lipinski definition) is 3. The highest BCUT2D eigenvalue weighted by Gasteiger charge is 2.14. The van der Waals surface area contributed by atoms with Crippen LogP contribution in [0.4, 0.5) is 4.39 Å². The van der Waals surface area contributed by atoms with E-state index >= 15 is 0 Å². The van der Waals surface area contributed by atoms with E-state index in [2.05, 4.69) is 16.8 Å². The molecule has 0 aliphatic rings. The van der Waals surface area contributed by atoms with Crippen molar-refractivity contribution in [2.75, 3.05) is 0 Å². The molecule has 1 aromatic rings. The Kier molecular flexibility index (Phi) is 3.62. The number of ether oxygens (including phenoxy) is 1. The van der Waals surface area contributed by atoms with E-state index < -0.39 is 17.4 Å². The summed E-state index contributed by atoms with van der Waals surface area (Å²) < 4.78 is 17.5. The van der Waals surface area contributed by atoms with Crippen molar-refractivity contribution < 1.29 is 13.9 Å². The molecular weight excluding hydrogens is 209 g/mol. The van der Waals surface area contributed by atoms with Gasteiger partial charge in [-0.2, -0.15) is 0 Å². The van der Waals surface area contributed by atoms with Crippen LogP contribution in [0.25, 0.3) is 0 Å². The van der Waals surface area contributed by atoms with E-state index in [1.807, 2.05) is 0 Å². The summed E-state index contributed by atoms with van der Waals surface area (Å²) in [5.41, 5.74) is -0.241. The van der Waals surface area contributed by atoms with Crippen LogP contribution in [0.3, 0.4) is 0 Å². The van der Waals surface area contributed by atoms with Gasteiger partial charge in [0.2, 0.25) is 0 Å². The number of rotatable bonds is 0. The molecule has 0 aliphatic heterocycles. The summed E-state index contributed by atoms with van der Waals surface area (Å²) in [5.74, 6) is 3.70. The average Bonchev–Trinajstić information content (AvgIpc) is 2.14. The van der Waals surface area contributed by atoms with Crippen LogP contribution in [0.5, 0.6) is 0 Å². The van der Waals surface area contributed by atoms with E-state index in [1.54, 1.807) is 20.8 Å². The molecule has 0 saturated heterocycles. The molecule has 0 bridgehead atoms. The molecule has 0 fully saturated rings. The lowest BCUT2D eigenvalue weighted by molar-refractivity contribution is -0.147. The highest BCUT2D eigenvalue weighted by atomic mass is 19.1. The fraction of sp³-hybridized carbons (Fsp3) is 0.333. The van der Waals surface area contributed by atoms with Gasteiger partial charge in [0.05, 0.1) is 6.20 Å². The zero-order valence-electron chi connectivity index (χ0n) is 9.37. The minimum absolute atomic E-state index is 0.326. The summed E-state index contributed by atoms with van der Waals surface area (Å²) in [5, 5.41) is 0. The van der Waals surface area contributed by atoms with Crippen molar-refractivity contribution in [2.24, 2.45) is 0 Å². The monoisotopic (exact) mass is 221 g/mol. The van der Waals surface area contributed by atoms with Gasteiger partial charge in [-0.3, -0.25) is 0 Å². The van der Waals surface area contributed by atoms with E-state index in [4.69, 9.17) is 4.74 Å². The molecule has 0 spiro atoms. The van der Waals surface area contributed by atoms with Crippen molar-refractivity contribution in [3.8, 4) is 11.8 Å². The summed E-state index contributed by atoms with van der Waals surface area (Å²) in [6.45, 7) is 5.26. The number of carbonyl (C=O) groups is 1. The molecule has 0 atom stereocenters. The normalized spacial score (nSPS) is 10.2. The lowest BCUT2D eigenvalue weighted by Crippen LogP contribution is -2.22. The van der Waals surface area contributed by atoms with Crippen LogP contribution in [0.15, 0.2) is 18.3 Å². The van der Waals surface area contributed by atoms with Gasteiger partial charge in [-0.25, -0.2) is 14.2 Å². The molecule has 3 nitrogen and oxygen atoms in total. The van der Waals surface area contributed by atoms with Gasteiger partial charge in [0.25, 0.3) is 0 Å². The van der Waals surface area contributed by atoms with Crippen LogP contribution >= 0.6 is 0 Å². The topological polar surface area (TPSA) is 39.2 Å². The highest BCUT2D eigenvalue weighted by molar-refractivity contribution is 5.89. The zero-order chi connectivity index (χ0) is 12.2. The van der Waals surface area contributed by atoms with Crippen molar-refractivity contribution in [3.63, 3.8) is 0 Å². The molecular formula is C12H12FNO2. The van der Waals surface area contributed by atoms with Crippen LogP contribution in [-0.4, -0.2) is 16.6 Å². The van der Waals surface area contributed by atoms with Crippen molar-refractivity contribution >= 4 is 5.97 Å². The lowest BCUT2D eigenvalue weighted by atomic mass is 10.2. The Hall–Kier alpha value is -1.89. The molecule has 0 N–H and O–H groups in total. The second-order valence-corrected chi connectivity index (χ2v) is 4.11. The van der Waals surface area contributed by atoms with Crippen LogP contribution in [0.1, 0.15) is 26.5 Å². The Bertz CT molecular complexity index is 435. The molecule has 84 valence electrons. The molecule has 4 heteroatoms. The highest BCUT2D eigenvalue weighted by Crippen LogP contribution is 2.06. The SMILES string of the molecule is CC(C)(C)OC(=O)C#Cc1ccc(F)cn1. The van der Waals surface area contributed by atoms with Gasteiger partial charge in [0.15, 0.2) is 0 Å². The van der Waals surface area contributed by atoms with Crippen molar-refractivity contribution in [2.45, 2.75) is 26.4 Å². The van der Waals surface area contributed by atoms with Gasteiger partial charge in [-0.15, -0.1) is 0 Å². The predicted molar refractivity (Wildman–Crippen MR) is 56.9 cm³/mol. The van der Waals surface area contributed by atoms with Crippen LogP contribution in [-0.2, 0) is 9.53 Å². The summed E-state index contributed by atoms with van der Waals surface area (Å²) in [6, 6.07) is 2.62. The molecule has 0 unspecified atom stereocenters. The standard InChI is InChI=1S/C12H12FNO2/c1-12(2,3)16-11(15)7-6-10-5-4-9(13)8-14-10/h4-5,8H,1-3H3. The Morgan fingerprint density at radius 1 is 1.44 bits per heavy atom. The largest absolute Gasteiger partial charge is 0.450 e. The maximum absolute atomic E-state index is 12.5. The molecule has 1 rings (SSSR count). The molecule has 0 saturated carbocycles. The van der Waals surface area contributed by atoms with E-state index in [0.29, 0.717) is 5.69 Å². The third-order valence-electron chi connectivity index (χ3n) is 1.42. The van der Waals surface area contributed by atoms with Gasteiger partial charge in [0, 0.05) is 5.92 Å². The zero-order valence-corrected chi connectivity index (χ0v) is 9.37. The molecule has 0 aromatic carbocycles. The van der Waals surface area contributed by atoms with Gasteiger partial charge >= 0.3 is 5.97 Å². The number of aromatic nitrogens is 1. The Morgan fingerprint density at radius 2 is 2.12 bits per heavy atom. The summed E-state index contributed by atoms with van der Waals surface area (Å²) in [4.78, 5) is 14.9. The maximum atomic E-state index is 12.5. The molecule has 0 aliphatic carbocycles.